The lowest BCUT2D eigenvalue weighted by Crippen LogP contribution is -2.10. The first-order valence-electron chi connectivity index (χ1n) is 7.97. The van der Waals surface area contributed by atoms with E-state index >= 15 is 0 Å². The maximum absolute atomic E-state index is 12.4. The number of nitriles is 1. The molecule has 0 radical (unpaired) electrons. The minimum Gasteiger partial charge on any atom is -0.423 e. The fraction of sp³-hybridized carbons (Fsp3) is 0.0909. The Morgan fingerprint density at radius 1 is 0.880 bits per heavy atom. The zero-order valence-corrected chi connectivity index (χ0v) is 14.1. The Labute approximate surface area is 147 Å². The highest BCUT2D eigenvalue weighted by molar-refractivity contribution is 5.92. The number of esters is 1. The van der Waals surface area contributed by atoms with Gasteiger partial charge in [0.2, 0.25) is 0 Å². The van der Waals surface area contributed by atoms with Crippen LogP contribution in [0.15, 0.2) is 66.7 Å². The fourth-order valence-electron chi connectivity index (χ4n) is 2.57. The van der Waals surface area contributed by atoms with E-state index in [0.29, 0.717) is 16.9 Å². The number of ether oxygens (including phenoxy) is 1. The van der Waals surface area contributed by atoms with Crippen LogP contribution in [0.5, 0.6) is 5.75 Å². The summed E-state index contributed by atoms with van der Waals surface area (Å²) in [5.74, 6) is 0.149. The second-order valence-corrected chi connectivity index (χ2v) is 5.92. The van der Waals surface area contributed by atoms with Gasteiger partial charge in [0.15, 0.2) is 0 Å². The molecule has 0 fully saturated rings. The normalized spacial score (nSPS) is 10.1. The summed E-state index contributed by atoms with van der Waals surface area (Å²) in [6, 6.07) is 22.5. The molecular formula is C22H17NO2. The van der Waals surface area contributed by atoms with Crippen molar-refractivity contribution in [1.82, 2.24) is 0 Å². The van der Waals surface area contributed by atoms with E-state index in [1.807, 2.05) is 56.3 Å². The third-order valence-electron chi connectivity index (χ3n) is 4.03. The Kier molecular flexibility index (Phi) is 4.63. The Hall–Kier alpha value is -3.38. The van der Waals surface area contributed by atoms with E-state index < -0.39 is 0 Å². The molecule has 0 aromatic heterocycles. The van der Waals surface area contributed by atoms with Crippen LogP contribution in [0.2, 0.25) is 0 Å². The highest BCUT2D eigenvalue weighted by Crippen LogP contribution is 2.23. The number of aryl methyl sites for hydroxylation is 2. The Bertz CT molecular complexity index is 949. The van der Waals surface area contributed by atoms with Crippen LogP contribution in [0.4, 0.5) is 0 Å². The van der Waals surface area contributed by atoms with Gasteiger partial charge in [-0.25, -0.2) is 4.79 Å². The van der Waals surface area contributed by atoms with Crippen molar-refractivity contribution < 1.29 is 9.53 Å². The van der Waals surface area contributed by atoms with E-state index in [1.165, 1.54) is 0 Å². The molecule has 0 aliphatic carbocycles. The summed E-state index contributed by atoms with van der Waals surface area (Å²) in [7, 11) is 0. The van der Waals surface area contributed by atoms with Crippen molar-refractivity contribution in [3.05, 3.63) is 89.0 Å². The van der Waals surface area contributed by atoms with Gasteiger partial charge in [-0.3, -0.25) is 0 Å². The van der Waals surface area contributed by atoms with Gasteiger partial charge in [-0.2, -0.15) is 5.26 Å². The van der Waals surface area contributed by atoms with Gasteiger partial charge in [0, 0.05) is 0 Å². The van der Waals surface area contributed by atoms with Gasteiger partial charge < -0.3 is 4.74 Å². The van der Waals surface area contributed by atoms with Crippen molar-refractivity contribution in [2.24, 2.45) is 0 Å². The van der Waals surface area contributed by atoms with Gasteiger partial charge in [-0.1, -0.05) is 42.0 Å². The maximum atomic E-state index is 12.4. The molecule has 3 aromatic carbocycles. The maximum Gasteiger partial charge on any atom is 0.343 e. The lowest BCUT2D eigenvalue weighted by Gasteiger charge is -2.08. The molecule has 3 rings (SSSR count). The summed E-state index contributed by atoms with van der Waals surface area (Å²) in [6.45, 7) is 3.84. The largest absolute Gasteiger partial charge is 0.423 e. The number of nitrogens with zero attached hydrogens (tertiary/aromatic N) is 1. The first-order valence-corrected chi connectivity index (χ1v) is 7.97. The zero-order valence-electron chi connectivity index (χ0n) is 14.1. The topological polar surface area (TPSA) is 50.1 Å². The summed E-state index contributed by atoms with van der Waals surface area (Å²) in [5.41, 5.74) is 5.12. The number of carbonyl (C=O) groups excluding carboxylic acids is 1. The van der Waals surface area contributed by atoms with E-state index in [2.05, 4.69) is 6.07 Å². The molecule has 3 nitrogen and oxygen atoms in total. The van der Waals surface area contributed by atoms with Crippen LogP contribution in [-0.4, -0.2) is 5.97 Å². The van der Waals surface area contributed by atoms with E-state index in [9.17, 15) is 4.79 Å². The molecular weight excluding hydrogens is 310 g/mol. The predicted molar refractivity (Wildman–Crippen MR) is 97.5 cm³/mol. The molecule has 122 valence electrons. The predicted octanol–water partition coefficient (Wildman–Crippen LogP) is 5.06. The highest BCUT2D eigenvalue weighted by atomic mass is 16.5. The molecule has 0 amide bonds. The molecule has 0 saturated carbocycles. The van der Waals surface area contributed by atoms with Crippen molar-refractivity contribution in [2.45, 2.75) is 13.8 Å². The quantitative estimate of drug-likeness (QED) is 0.499. The number of rotatable bonds is 3. The first kappa shape index (κ1) is 16.5. The first-order chi connectivity index (χ1) is 12.1. The number of carbonyl (C=O) groups is 1. The van der Waals surface area contributed by atoms with Crippen molar-refractivity contribution >= 4 is 5.97 Å². The van der Waals surface area contributed by atoms with E-state index in [0.717, 1.165) is 22.3 Å². The zero-order chi connectivity index (χ0) is 17.8. The molecule has 0 heterocycles. The summed E-state index contributed by atoms with van der Waals surface area (Å²) in [4.78, 5) is 12.4. The molecule has 0 aliphatic heterocycles. The molecule has 0 unspecified atom stereocenters. The van der Waals surface area contributed by atoms with E-state index in [4.69, 9.17) is 10.00 Å². The van der Waals surface area contributed by atoms with Crippen LogP contribution in [0.3, 0.4) is 0 Å². The third kappa shape index (κ3) is 3.76. The highest BCUT2D eigenvalue weighted by Gasteiger charge is 2.12. The Morgan fingerprint density at radius 3 is 2.08 bits per heavy atom. The molecule has 25 heavy (non-hydrogen) atoms. The van der Waals surface area contributed by atoms with Crippen LogP contribution in [0.1, 0.15) is 27.0 Å². The SMILES string of the molecule is Cc1ccc(C)c(C(=O)Oc2ccc(-c3ccc(C#N)cc3)cc2)c1. The van der Waals surface area contributed by atoms with Gasteiger partial charge in [0.1, 0.15) is 5.75 Å². The summed E-state index contributed by atoms with van der Waals surface area (Å²) >= 11 is 0. The van der Waals surface area contributed by atoms with Crippen LogP contribution < -0.4 is 4.74 Å². The molecule has 0 aliphatic rings. The van der Waals surface area contributed by atoms with Gasteiger partial charge in [0.05, 0.1) is 17.2 Å². The van der Waals surface area contributed by atoms with Crippen molar-refractivity contribution in [1.29, 1.82) is 5.26 Å². The van der Waals surface area contributed by atoms with Crippen molar-refractivity contribution in [3.63, 3.8) is 0 Å². The second-order valence-electron chi connectivity index (χ2n) is 5.92. The summed E-state index contributed by atoms with van der Waals surface area (Å²) < 4.78 is 5.48. The monoisotopic (exact) mass is 327 g/mol. The number of hydrogen-bond acceptors (Lipinski definition) is 3. The van der Waals surface area contributed by atoms with Gasteiger partial charge in [-0.05, 0) is 60.9 Å². The standard InChI is InChI=1S/C22H17NO2/c1-15-3-4-16(2)21(13-15)22(24)25-20-11-9-19(10-12-20)18-7-5-17(14-23)6-8-18/h3-13H,1-2H3. The third-order valence-corrected chi connectivity index (χ3v) is 4.03. The second kappa shape index (κ2) is 7.02. The van der Waals surface area contributed by atoms with Gasteiger partial charge >= 0.3 is 5.97 Å². The molecule has 0 saturated heterocycles. The minimum atomic E-state index is -0.354. The molecule has 3 heteroatoms. The van der Waals surface area contributed by atoms with Crippen molar-refractivity contribution in [3.8, 4) is 22.9 Å². The van der Waals surface area contributed by atoms with Crippen LogP contribution in [0.25, 0.3) is 11.1 Å². The summed E-state index contributed by atoms with van der Waals surface area (Å²) in [6.07, 6.45) is 0. The lowest BCUT2D eigenvalue weighted by atomic mass is 10.0. The van der Waals surface area contributed by atoms with Crippen LogP contribution in [-0.2, 0) is 0 Å². The van der Waals surface area contributed by atoms with Crippen LogP contribution >= 0.6 is 0 Å². The van der Waals surface area contributed by atoms with Crippen LogP contribution in [0, 0.1) is 25.2 Å². The summed E-state index contributed by atoms with van der Waals surface area (Å²) in [5, 5.41) is 8.85. The lowest BCUT2D eigenvalue weighted by molar-refractivity contribution is 0.0734. The molecule has 0 atom stereocenters. The van der Waals surface area contributed by atoms with Gasteiger partial charge in [-0.15, -0.1) is 0 Å². The fourth-order valence-corrected chi connectivity index (χ4v) is 2.57. The number of benzene rings is 3. The molecule has 0 spiro atoms. The number of hydrogen-bond donors (Lipinski definition) is 0. The van der Waals surface area contributed by atoms with E-state index in [-0.39, 0.29) is 5.97 Å². The molecule has 0 N–H and O–H groups in total. The molecule has 3 aromatic rings. The Balaban J connectivity index is 1.77. The average molecular weight is 327 g/mol. The van der Waals surface area contributed by atoms with Crippen molar-refractivity contribution in [2.75, 3.05) is 0 Å². The van der Waals surface area contributed by atoms with E-state index in [1.54, 1.807) is 24.3 Å². The molecule has 0 bridgehead atoms. The Morgan fingerprint density at radius 2 is 1.48 bits per heavy atom. The smallest absolute Gasteiger partial charge is 0.343 e. The average Bonchev–Trinajstić information content (AvgIpc) is 2.64. The minimum absolute atomic E-state index is 0.354. The van der Waals surface area contributed by atoms with Gasteiger partial charge in [0.25, 0.3) is 0 Å².